The Labute approximate surface area is 149 Å². The van der Waals surface area contributed by atoms with Crippen LogP contribution >= 0.6 is 22.9 Å². The lowest BCUT2D eigenvalue weighted by atomic mass is 10.2. The van der Waals surface area contributed by atoms with Gasteiger partial charge in [0.1, 0.15) is 4.88 Å². The number of rotatable bonds is 6. The minimum Gasteiger partial charge on any atom is -0.451 e. The number of esters is 1. The number of hydrogen-bond donors (Lipinski definition) is 0. The fourth-order valence-electron chi connectivity index (χ4n) is 1.87. The Hall–Kier alpha value is -2.36. The summed E-state index contributed by atoms with van der Waals surface area (Å²) in [5.74, 6) is -0.879. The zero-order valence-electron chi connectivity index (χ0n) is 13.0. The smallest absolute Gasteiger partial charge is 0.348 e. The summed E-state index contributed by atoms with van der Waals surface area (Å²) in [6.07, 6.45) is 0.242. The minimum atomic E-state index is -0.540. The van der Waals surface area contributed by atoms with Gasteiger partial charge in [0.2, 0.25) is 0 Å². The van der Waals surface area contributed by atoms with Crippen LogP contribution < -0.4 is 0 Å². The third-order valence-electron chi connectivity index (χ3n) is 3.25. The van der Waals surface area contributed by atoms with Crippen molar-refractivity contribution in [1.82, 2.24) is 4.90 Å². The molecule has 1 heterocycles. The molecule has 0 unspecified atom stereocenters. The molecule has 0 atom stereocenters. The summed E-state index contributed by atoms with van der Waals surface area (Å²) in [5.41, 5.74) is 0.954. The van der Waals surface area contributed by atoms with E-state index in [1.807, 2.05) is 24.3 Å². The summed E-state index contributed by atoms with van der Waals surface area (Å²) in [6, 6.07) is 12.8. The average molecular weight is 363 g/mol. The number of nitriles is 1. The van der Waals surface area contributed by atoms with Crippen LogP contribution in [-0.2, 0) is 9.53 Å². The molecule has 0 fully saturated rings. The molecule has 24 heavy (non-hydrogen) atoms. The largest absolute Gasteiger partial charge is 0.451 e. The van der Waals surface area contributed by atoms with E-state index in [1.165, 1.54) is 16.2 Å². The van der Waals surface area contributed by atoms with Gasteiger partial charge in [0.25, 0.3) is 5.91 Å². The molecule has 2 aromatic rings. The summed E-state index contributed by atoms with van der Waals surface area (Å²) in [7, 11) is 1.57. The highest BCUT2D eigenvalue weighted by molar-refractivity contribution is 7.17. The molecule has 0 saturated carbocycles. The van der Waals surface area contributed by atoms with Gasteiger partial charge in [-0.05, 0) is 29.8 Å². The van der Waals surface area contributed by atoms with Gasteiger partial charge >= 0.3 is 5.97 Å². The number of halogens is 1. The molecule has 1 amide bonds. The van der Waals surface area contributed by atoms with Crippen molar-refractivity contribution in [2.24, 2.45) is 0 Å². The van der Waals surface area contributed by atoms with E-state index in [9.17, 15) is 9.59 Å². The standard InChI is InChI=1S/C17H15ClN2O3S/c1-20(10-2-9-19)16(21)11-23-17(22)15-8-7-14(24-15)12-3-5-13(18)6-4-12/h3-8H,2,10-11H2,1H3. The maximum absolute atomic E-state index is 12.0. The Kier molecular flexibility index (Phi) is 6.36. The normalized spacial score (nSPS) is 10.0. The van der Waals surface area contributed by atoms with Crippen molar-refractivity contribution in [3.8, 4) is 16.5 Å². The second-order valence-corrected chi connectivity index (χ2v) is 6.49. The van der Waals surface area contributed by atoms with Gasteiger partial charge in [-0.2, -0.15) is 5.26 Å². The van der Waals surface area contributed by atoms with E-state index >= 15 is 0 Å². The summed E-state index contributed by atoms with van der Waals surface area (Å²) in [6.45, 7) is -0.0262. The first kappa shape index (κ1) is 18.0. The van der Waals surface area contributed by atoms with Crippen LogP contribution in [0.4, 0.5) is 0 Å². The predicted molar refractivity (Wildman–Crippen MR) is 92.9 cm³/mol. The molecular formula is C17H15ClN2O3S. The second kappa shape index (κ2) is 8.48. The Morgan fingerprint density at radius 1 is 1.25 bits per heavy atom. The summed E-state index contributed by atoms with van der Waals surface area (Å²) < 4.78 is 5.04. The van der Waals surface area contributed by atoms with Crippen molar-refractivity contribution < 1.29 is 14.3 Å². The van der Waals surface area contributed by atoms with Crippen molar-refractivity contribution >= 4 is 34.8 Å². The van der Waals surface area contributed by atoms with Crippen molar-refractivity contribution in [1.29, 1.82) is 5.26 Å². The molecule has 0 aliphatic rings. The monoisotopic (exact) mass is 362 g/mol. The van der Waals surface area contributed by atoms with Crippen LogP contribution in [-0.4, -0.2) is 37.0 Å². The molecule has 7 heteroatoms. The topological polar surface area (TPSA) is 70.4 Å². The fourth-order valence-corrected chi connectivity index (χ4v) is 2.90. The van der Waals surface area contributed by atoms with E-state index in [-0.39, 0.29) is 18.9 Å². The molecule has 2 rings (SSSR count). The lowest BCUT2D eigenvalue weighted by Crippen LogP contribution is -2.31. The molecule has 1 aromatic carbocycles. The van der Waals surface area contributed by atoms with E-state index in [1.54, 1.807) is 25.2 Å². The van der Waals surface area contributed by atoms with Gasteiger partial charge in [-0.25, -0.2) is 4.79 Å². The molecule has 0 bridgehead atoms. The van der Waals surface area contributed by atoms with Crippen LogP contribution in [0.15, 0.2) is 36.4 Å². The number of ether oxygens (including phenoxy) is 1. The van der Waals surface area contributed by atoms with Gasteiger partial charge in [-0.15, -0.1) is 11.3 Å². The zero-order valence-corrected chi connectivity index (χ0v) is 14.6. The number of carbonyl (C=O) groups is 2. The lowest BCUT2D eigenvalue weighted by molar-refractivity contribution is -0.133. The van der Waals surface area contributed by atoms with E-state index in [0.717, 1.165) is 10.4 Å². The number of thiophene rings is 1. The van der Waals surface area contributed by atoms with Crippen LogP contribution in [0, 0.1) is 11.3 Å². The number of likely N-dealkylation sites (N-methyl/N-ethyl adjacent to an activating group) is 1. The van der Waals surface area contributed by atoms with E-state index in [4.69, 9.17) is 21.6 Å². The molecule has 1 aromatic heterocycles. The minimum absolute atomic E-state index is 0.242. The first-order valence-electron chi connectivity index (χ1n) is 7.15. The maximum atomic E-state index is 12.0. The van der Waals surface area contributed by atoms with Crippen LogP contribution in [0.3, 0.4) is 0 Å². The van der Waals surface area contributed by atoms with Gasteiger partial charge in [0.05, 0.1) is 12.5 Å². The van der Waals surface area contributed by atoms with Gasteiger partial charge in [0, 0.05) is 23.5 Å². The summed E-state index contributed by atoms with van der Waals surface area (Å²) in [5, 5.41) is 9.14. The molecule has 0 saturated heterocycles. The zero-order chi connectivity index (χ0) is 17.5. The van der Waals surface area contributed by atoms with Crippen molar-refractivity contribution in [3.63, 3.8) is 0 Å². The first-order chi connectivity index (χ1) is 11.5. The van der Waals surface area contributed by atoms with Crippen molar-refractivity contribution in [2.75, 3.05) is 20.2 Å². The van der Waals surface area contributed by atoms with Crippen LogP contribution in [0.2, 0.25) is 5.02 Å². The van der Waals surface area contributed by atoms with E-state index in [0.29, 0.717) is 16.4 Å². The van der Waals surface area contributed by atoms with Gasteiger partial charge in [-0.3, -0.25) is 4.79 Å². The number of benzene rings is 1. The van der Waals surface area contributed by atoms with Crippen LogP contribution in [0.25, 0.3) is 10.4 Å². The highest BCUT2D eigenvalue weighted by Gasteiger charge is 2.15. The van der Waals surface area contributed by atoms with Crippen LogP contribution in [0.1, 0.15) is 16.1 Å². The van der Waals surface area contributed by atoms with Gasteiger partial charge in [-0.1, -0.05) is 23.7 Å². The van der Waals surface area contributed by atoms with E-state index < -0.39 is 5.97 Å². The Morgan fingerprint density at radius 2 is 1.96 bits per heavy atom. The third-order valence-corrected chi connectivity index (χ3v) is 4.61. The van der Waals surface area contributed by atoms with Gasteiger partial charge in [0.15, 0.2) is 6.61 Å². The van der Waals surface area contributed by atoms with Crippen molar-refractivity contribution in [2.45, 2.75) is 6.42 Å². The quantitative estimate of drug-likeness (QED) is 0.736. The number of amides is 1. The molecule has 0 spiro atoms. The Morgan fingerprint density at radius 3 is 2.62 bits per heavy atom. The third kappa shape index (κ3) is 4.82. The molecule has 124 valence electrons. The van der Waals surface area contributed by atoms with E-state index in [2.05, 4.69) is 0 Å². The fraction of sp³-hybridized carbons (Fsp3) is 0.235. The Bertz CT molecular complexity index is 765. The highest BCUT2D eigenvalue weighted by atomic mass is 35.5. The van der Waals surface area contributed by atoms with Crippen LogP contribution in [0.5, 0.6) is 0 Å². The lowest BCUT2D eigenvalue weighted by Gasteiger charge is -2.14. The molecular weight excluding hydrogens is 348 g/mol. The Balaban J connectivity index is 1.93. The first-order valence-corrected chi connectivity index (χ1v) is 8.34. The SMILES string of the molecule is CN(CCC#N)C(=O)COC(=O)c1ccc(-c2ccc(Cl)cc2)s1. The van der Waals surface area contributed by atoms with Crippen molar-refractivity contribution in [3.05, 3.63) is 46.3 Å². The maximum Gasteiger partial charge on any atom is 0.348 e. The highest BCUT2D eigenvalue weighted by Crippen LogP contribution is 2.29. The second-order valence-electron chi connectivity index (χ2n) is 4.97. The number of nitrogens with zero attached hydrogens (tertiary/aromatic N) is 2. The summed E-state index contributed by atoms with van der Waals surface area (Å²) in [4.78, 5) is 26.5. The predicted octanol–water partition coefficient (Wildman–Crippen LogP) is 3.60. The molecule has 5 nitrogen and oxygen atoms in total. The average Bonchev–Trinajstić information content (AvgIpc) is 3.08. The molecule has 0 aliphatic carbocycles. The number of carbonyl (C=O) groups excluding carboxylic acids is 2. The number of hydrogen-bond acceptors (Lipinski definition) is 5. The summed E-state index contributed by atoms with van der Waals surface area (Å²) >= 11 is 7.15. The molecule has 0 aliphatic heterocycles. The van der Waals surface area contributed by atoms with Gasteiger partial charge < -0.3 is 9.64 Å². The molecule has 0 radical (unpaired) electrons. The molecule has 0 N–H and O–H groups in total.